The normalized spacial score (nSPS) is 19.3. The fourth-order valence-electron chi connectivity index (χ4n) is 1.90. The summed E-state index contributed by atoms with van der Waals surface area (Å²) in [5, 5.41) is 9.27. The first-order chi connectivity index (χ1) is 8.99. The summed E-state index contributed by atoms with van der Waals surface area (Å²) < 4.78 is 5.02. The molecule has 19 heavy (non-hydrogen) atoms. The van der Waals surface area contributed by atoms with Crippen LogP contribution in [0, 0.1) is 0 Å². The molecule has 0 aromatic rings. The van der Waals surface area contributed by atoms with E-state index in [9.17, 15) is 14.7 Å². The molecule has 1 unspecified atom stereocenters. The monoisotopic (exact) mass is 266 g/mol. The van der Waals surface area contributed by atoms with E-state index in [0.717, 1.165) is 12.8 Å². The number of esters is 1. The molecule has 0 spiro atoms. The Morgan fingerprint density at radius 1 is 1.53 bits per heavy atom. The Hall–Kier alpha value is -1.42. The van der Waals surface area contributed by atoms with Crippen molar-refractivity contribution in [3.8, 4) is 0 Å². The van der Waals surface area contributed by atoms with E-state index in [-0.39, 0.29) is 24.3 Å². The molecule has 1 aliphatic rings. The van der Waals surface area contributed by atoms with Gasteiger partial charge in [0.25, 0.3) is 0 Å². The highest BCUT2D eigenvalue weighted by Gasteiger charge is 2.20. The smallest absolute Gasteiger partial charge is 0.306 e. The Morgan fingerprint density at radius 3 is 2.84 bits per heavy atom. The fraction of sp³-hybridized carbons (Fsp3) is 0.600. The highest BCUT2D eigenvalue weighted by Crippen LogP contribution is 2.18. The molecule has 0 amide bonds. The Kier molecular flexibility index (Phi) is 6.50. The number of aliphatic hydroxyl groups is 1. The van der Waals surface area contributed by atoms with Gasteiger partial charge < -0.3 is 9.84 Å². The SMILES string of the molecule is CC(C)OC(=O)CCC/C=C/CC1=CC(O)CC1=O. The molecule has 0 heterocycles. The lowest BCUT2D eigenvalue weighted by atomic mass is 10.1. The van der Waals surface area contributed by atoms with E-state index in [2.05, 4.69) is 0 Å². The van der Waals surface area contributed by atoms with Gasteiger partial charge in [0.15, 0.2) is 5.78 Å². The number of allylic oxidation sites excluding steroid dienone is 3. The van der Waals surface area contributed by atoms with Gasteiger partial charge in [-0.25, -0.2) is 0 Å². The van der Waals surface area contributed by atoms with Crippen molar-refractivity contribution < 1.29 is 19.4 Å². The first kappa shape index (κ1) is 15.6. The molecule has 0 saturated carbocycles. The van der Waals surface area contributed by atoms with Crippen LogP contribution in [0.5, 0.6) is 0 Å². The predicted molar refractivity (Wildman–Crippen MR) is 72.5 cm³/mol. The molecule has 1 N–H and O–H groups in total. The molecule has 4 heteroatoms. The Labute approximate surface area is 114 Å². The molecule has 0 radical (unpaired) electrons. The molecule has 0 saturated heterocycles. The van der Waals surface area contributed by atoms with E-state index >= 15 is 0 Å². The molecule has 1 rings (SSSR count). The van der Waals surface area contributed by atoms with Crippen LogP contribution >= 0.6 is 0 Å². The number of unbranched alkanes of at least 4 members (excludes halogenated alkanes) is 1. The number of Topliss-reactive ketones (excluding diaryl/α,β-unsaturated/α-hetero) is 1. The number of aliphatic hydroxyl groups excluding tert-OH is 1. The number of carbonyl (C=O) groups is 2. The molecule has 1 atom stereocenters. The van der Waals surface area contributed by atoms with Crippen LogP contribution in [0.1, 0.15) is 46.0 Å². The lowest BCUT2D eigenvalue weighted by molar-refractivity contribution is -0.147. The van der Waals surface area contributed by atoms with Gasteiger partial charge in [0.1, 0.15) is 0 Å². The van der Waals surface area contributed by atoms with Crippen molar-refractivity contribution in [3.05, 3.63) is 23.8 Å². The van der Waals surface area contributed by atoms with Crippen molar-refractivity contribution in [2.75, 3.05) is 0 Å². The van der Waals surface area contributed by atoms with Crippen LogP contribution in [-0.4, -0.2) is 29.1 Å². The van der Waals surface area contributed by atoms with Crippen molar-refractivity contribution in [2.24, 2.45) is 0 Å². The Morgan fingerprint density at radius 2 is 2.26 bits per heavy atom. The maximum Gasteiger partial charge on any atom is 0.306 e. The molecular weight excluding hydrogens is 244 g/mol. The molecule has 0 aliphatic heterocycles. The van der Waals surface area contributed by atoms with E-state index in [0.29, 0.717) is 18.4 Å². The summed E-state index contributed by atoms with van der Waals surface area (Å²) >= 11 is 0. The van der Waals surface area contributed by atoms with Gasteiger partial charge in [-0.15, -0.1) is 0 Å². The third-order valence-electron chi connectivity index (χ3n) is 2.77. The lowest BCUT2D eigenvalue weighted by Gasteiger charge is -2.06. The number of ether oxygens (including phenoxy) is 1. The minimum Gasteiger partial charge on any atom is -0.463 e. The maximum absolute atomic E-state index is 11.4. The summed E-state index contributed by atoms with van der Waals surface area (Å²) in [5.74, 6) is -0.141. The van der Waals surface area contributed by atoms with Crippen molar-refractivity contribution in [1.29, 1.82) is 0 Å². The van der Waals surface area contributed by atoms with Crippen molar-refractivity contribution in [3.63, 3.8) is 0 Å². The molecular formula is C15H22O4. The molecule has 0 bridgehead atoms. The molecule has 106 valence electrons. The highest BCUT2D eigenvalue weighted by atomic mass is 16.5. The van der Waals surface area contributed by atoms with Gasteiger partial charge in [-0.05, 0) is 44.8 Å². The van der Waals surface area contributed by atoms with Gasteiger partial charge in [-0.2, -0.15) is 0 Å². The third-order valence-corrected chi connectivity index (χ3v) is 2.77. The largest absolute Gasteiger partial charge is 0.463 e. The average Bonchev–Trinajstić information content (AvgIpc) is 2.61. The minimum absolute atomic E-state index is 0.0256. The van der Waals surface area contributed by atoms with Crippen molar-refractivity contribution >= 4 is 11.8 Å². The topological polar surface area (TPSA) is 63.6 Å². The van der Waals surface area contributed by atoms with E-state index in [4.69, 9.17) is 4.74 Å². The highest BCUT2D eigenvalue weighted by molar-refractivity contribution is 5.98. The summed E-state index contributed by atoms with van der Waals surface area (Å²) in [6.07, 6.45) is 7.55. The van der Waals surface area contributed by atoms with Crippen LogP contribution in [0.25, 0.3) is 0 Å². The Balaban J connectivity index is 2.13. The van der Waals surface area contributed by atoms with Crippen LogP contribution in [0.15, 0.2) is 23.8 Å². The van der Waals surface area contributed by atoms with Crippen LogP contribution in [0.4, 0.5) is 0 Å². The number of carbonyl (C=O) groups excluding carboxylic acids is 2. The summed E-state index contributed by atoms with van der Waals surface area (Å²) in [5.41, 5.74) is 0.683. The minimum atomic E-state index is -0.610. The molecule has 0 aromatic heterocycles. The fourth-order valence-corrected chi connectivity index (χ4v) is 1.90. The van der Waals surface area contributed by atoms with E-state index in [1.165, 1.54) is 0 Å². The number of hydrogen-bond donors (Lipinski definition) is 1. The summed E-state index contributed by atoms with van der Waals surface area (Å²) in [6.45, 7) is 3.66. The number of rotatable bonds is 7. The zero-order valence-electron chi connectivity index (χ0n) is 11.6. The maximum atomic E-state index is 11.4. The zero-order valence-corrected chi connectivity index (χ0v) is 11.6. The predicted octanol–water partition coefficient (Wildman–Crippen LogP) is 2.31. The van der Waals surface area contributed by atoms with Gasteiger partial charge in [-0.3, -0.25) is 9.59 Å². The molecule has 0 fully saturated rings. The third kappa shape index (κ3) is 6.34. The van der Waals surface area contributed by atoms with Crippen molar-refractivity contribution in [2.45, 2.75) is 58.2 Å². The quantitative estimate of drug-likeness (QED) is 0.436. The summed E-state index contributed by atoms with van der Waals surface area (Å²) in [7, 11) is 0. The van der Waals surface area contributed by atoms with E-state index in [1.807, 2.05) is 26.0 Å². The summed E-state index contributed by atoms with van der Waals surface area (Å²) in [4.78, 5) is 22.6. The average molecular weight is 266 g/mol. The van der Waals surface area contributed by atoms with Crippen LogP contribution in [0.2, 0.25) is 0 Å². The van der Waals surface area contributed by atoms with E-state index < -0.39 is 6.10 Å². The molecule has 1 aliphatic carbocycles. The van der Waals surface area contributed by atoms with Crippen LogP contribution < -0.4 is 0 Å². The number of ketones is 1. The molecule has 0 aromatic carbocycles. The molecule has 4 nitrogen and oxygen atoms in total. The first-order valence-electron chi connectivity index (χ1n) is 6.75. The second-order valence-corrected chi connectivity index (χ2v) is 4.99. The number of hydrogen-bond acceptors (Lipinski definition) is 4. The zero-order chi connectivity index (χ0) is 14.3. The van der Waals surface area contributed by atoms with E-state index in [1.54, 1.807) is 6.08 Å². The van der Waals surface area contributed by atoms with Gasteiger partial charge in [0, 0.05) is 12.8 Å². The standard InChI is InChI=1S/C15H22O4/c1-11(2)19-15(18)8-6-4-3-5-7-12-9-13(16)10-14(12)17/h3,5,9,11,13,16H,4,6-8,10H2,1-2H3/b5-3+. The van der Waals surface area contributed by atoms with Gasteiger partial charge >= 0.3 is 5.97 Å². The van der Waals surface area contributed by atoms with Gasteiger partial charge in [0.05, 0.1) is 12.2 Å². The van der Waals surface area contributed by atoms with Gasteiger partial charge in [-0.1, -0.05) is 12.2 Å². The van der Waals surface area contributed by atoms with Gasteiger partial charge in [0.2, 0.25) is 0 Å². The van der Waals surface area contributed by atoms with Crippen molar-refractivity contribution in [1.82, 2.24) is 0 Å². The first-order valence-corrected chi connectivity index (χ1v) is 6.75. The second kappa shape index (κ2) is 7.89. The van der Waals surface area contributed by atoms with Crippen LogP contribution in [-0.2, 0) is 14.3 Å². The lowest BCUT2D eigenvalue weighted by Crippen LogP contribution is -2.10. The Bertz CT molecular complexity index is 380. The summed E-state index contributed by atoms with van der Waals surface area (Å²) in [6, 6.07) is 0. The van der Waals surface area contributed by atoms with Crippen LogP contribution in [0.3, 0.4) is 0 Å². The second-order valence-electron chi connectivity index (χ2n) is 4.99.